The molecule has 0 spiro atoms. The summed E-state index contributed by atoms with van der Waals surface area (Å²) in [6, 6.07) is 5.35. The molecule has 6 nitrogen and oxygen atoms in total. The van der Waals surface area contributed by atoms with Crippen molar-refractivity contribution in [2.24, 2.45) is 4.99 Å². The van der Waals surface area contributed by atoms with Gasteiger partial charge in [-0.1, -0.05) is 11.8 Å². The van der Waals surface area contributed by atoms with Crippen LogP contribution in [-0.2, 0) is 10.5 Å². The van der Waals surface area contributed by atoms with E-state index in [1.165, 1.54) is 6.92 Å². The molecule has 0 aliphatic carbocycles. The van der Waals surface area contributed by atoms with Crippen LogP contribution < -0.4 is 10.1 Å². The third kappa shape index (κ3) is 2.24. The molecule has 0 bridgehead atoms. The van der Waals surface area contributed by atoms with Crippen LogP contribution in [0.5, 0.6) is 5.75 Å². The minimum absolute atomic E-state index is 0.0648. The molecule has 0 saturated carbocycles. The molecule has 2 unspecified atom stereocenters. The lowest BCUT2D eigenvalue weighted by Crippen LogP contribution is -2.46. The number of aliphatic imine (C=N–C) groups is 1. The molecule has 118 valence electrons. The Morgan fingerprint density at radius 3 is 3.05 bits per heavy atom. The van der Waals surface area contributed by atoms with E-state index in [-0.39, 0.29) is 11.2 Å². The van der Waals surface area contributed by atoms with E-state index >= 15 is 0 Å². The van der Waals surface area contributed by atoms with Gasteiger partial charge in [-0.05, 0) is 24.6 Å². The maximum atomic E-state index is 11.4. The second kappa shape index (κ2) is 5.48. The molecule has 1 amide bonds. The number of nitrogens with zero attached hydrogens (tertiary/aromatic N) is 2. The number of aliphatic hydroxyl groups is 1. The Morgan fingerprint density at radius 2 is 2.36 bits per heavy atom. The van der Waals surface area contributed by atoms with E-state index in [4.69, 9.17) is 4.74 Å². The molecule has 0 aromatic heterocycles. The van der Waals surface area contributed by atoms with Gasteiger partial charge in [0.1, 0.15) is 5.75 Å². The van der Waals surface area contributed by atoms with Gasteiger partial charge in [-0.15, -0.1) is 0 Å². The summed E-state index contributed by atoms with van der Waals surface area (Å²) in [5.41, 5.74) is 0.110. The fraction of sp³-hybridized carbons (Fsp3) is 0.467. The lowest BCUT2D eigenvalue weighted by atomic mass is 9.95. The van der Waals surface area contributed by atoms with E-state index < -0.39 is 5.72 Å². The molecule has 2 aliphatic rings. The van der Waals surface area contributed by atoms with Gasteiger partial charge >= 0.3 is 0 Å². The summed E-state index contributed by atoms with van der Waals surface area (Å²) in [6.07, 6.45) is 0.717. The Hall–Kier alpha value is -1.73. The molecule has 7 heteroatoms. The van der Waals surface area contributed by atoms with Gasteiger partial charge in [0.2, 0.25) is 5.91 Å². The third-order valence-corrected chi connectivity index (χ3v) is 5.54. The number of thioether (sulfide) groups is 1. The van der Waals surface area contributed by atoms with Crippen molar-refractivity contribution in [3.63, 3.8) is 0 Å². The first-order chi connectivity index (χ1) is 10.5. The van der Waals surface area contributed by atoms with E-state index in [1.54, 1.807) is 41.9 Å². The van der Waals surface area contributed by atoms with E-state index in [0.717, 1.165) is 5.17 Å². The lowest BCUT2D eigenvalue weighted by Gasteiger charge is -2.34. The van der Waals surface area contributed by atoms with Gasteiger partial charge in [0.25, 0.3) is 0 Å². The first-order valence-electron chi connectivity index (χ1n) is 7.11. The Kier molecular flexibility index (Phi) is 3.78. The number of nitrogens with one attached hydrogen (secondary N) is 1. The predicted molar refractivity (Wildman–Crippen MR) is 87.3 cm³/mol. The Bertz CT molecular complexity index is 649. The van der Waals surface area contributed by atoms with Crippen LogP contribution >= 0.6 is 11.8 Å². The van der Waals surface area contributed by atoms with Gasteiger partial charge < -0.3 is 20.1 Å². The molecule has 1 aromatic rings. The normalized spacial score (nSPS) is 28.6. The van der Waals surface area contributed by atoms with Crippen molar-refractivity contribution in [1.82, 2.24) is 4.90 Å². The number of amides is 1. The van der Waals surface area contributed by atoms with Gasteiger partial charge in [-0.2, -0.15) is 0 Å². The Labute approximate surface area is 133 Å². The highest BCUT2D eigenvalue weighted by Gasteiger charge is 2.53. The molecule has 1 saturated heterocycles. The smallest absolute Gasteiger partial charge is 0.221 e. The van der Waals surface area contributed by atoms with E-state index in [0.29, 0.717) is 30.0 Å². The summed E-state index contributed by atoms with van der Waals surface area (Å²) >= 11 is 1.56. The van der Waals surface area contributed by atoms with E-state index in [1.807, 2.05) is 7.05 Å². The van der Waals surface area contributed by atoms with Gasteiger partial charge in [-0.3, -0.25) is 9.79 Å². The zero-order valence-electron chi connectivity index (χ0n) is 12.8. The number of benzene rings is 1. The molecule has 2 N–H and O–H groups in total. The van der Waals surface area contributed by atoms with Crippen molar-refractivity contribution in [2.75, 3.05) is 26.0 Å². The average molecular weight is 321 g/mol. The number of anilines is 1. The number of carbonyl (C=O) groups excluding carboxylic acids is 1. The Balaban J connectivity index is 2.12. The zero-order chi connectivity index (χ0) is 15.9. The van der Waals surface area contributed by atoms with Crippen molar-refractivity contribution in [3.05, 3.63) is 23.8 Å². The van der Waals surface area contributed by atoms with Crippen molar-refractivity contribution >= 4 is 28.5 Å². The van der Waals surface area contributed by atoms with Crippen molar-refractivity contribution < 1.29 is 14.6 Å². The summed E-state index contributed by atoms with van der Waals surface area (Å²) in [5, 5.41) is 14.9. The molecule has 1 aromatic carbocycles. The highest BCUT2D eigenvalue weighted by atomic mass is 32.2. The quantitative estimate of drug-likeness (QED) is 0.822. The summed E-state index contributed by atoms with van der Waals surface area (Å²) in [7, 11) is 3.55. The first-order valence-corrected chi connectivity index (χ1v) is 7.99. The van der Waals surface area contributed by atoms with Crippen molar-refractivity contribution in [1.29, 1.82) is 0 Å². The number of rotatable bonds is 1. The molecule has 1 fully saturated rings. The predicted octanol–water partition coefficient (Wildman–Crippen LogP) is 1.61. The van der Waals surface area contributed by atoms with Gasteiger partial charge in [-0.25, -0.2) is 0 Å². The number of ether oxygens (including phenoxy) is 1. The summed E-state index contributed by atoms with van der Waals surface area (Å²) in [6.45, 7) is 2.00. The lowest BCUT2D eigenvalue weighted by molar-refractivity contribution is -0.114. The second-order valence-corrected chi connectivity index (χ2v) is 6.60. The van der Waals surface area contributed by atoms with Crippen LogP contribution in [0.2, 0.25) is 0 Å². The third-order valence-electron chi connectivity index (χ3n) is 4.02. The standard InChI is InChI=1S/C15H19N3O3S/c1-9(19)17-10-4-5-12-11(8-10)15(20)13(6-7-21-12)22-14(16-2)18(15)3/h4-5,8,13,20H,6-7H2,1-3H3,(H,17,19)/b16-14-. The van der Waals surface area contributed by atoms with Crippen LogP contribution in [0.15, 0.2) is 23.2 Å². The fourth-order valence-corrected chi connectivity index (χ4v) is 4.29. The molecule has 22 heavy (non-hydrogen) atoms. The minimum Gasteiger partial charge on any atom is -0.493 e. The topological polar surface area (TPSA) is 74.2 Å². The summed E-state index contributed by atoms with van der Waals surface area (Å²) in [4.78, 5) is 17.3. The van der Waals surface area contributed by atoms with Crippen LogP contribution in [-0.4, -0.2) is 47.0 Å². The molecule has 0 radical (unpaired) electrons. The maximum Gasteiger partial charge on any atom is 0.221 e. The van der Waals surface area contributed by atoms with Gasteiger partial charge in [0.05, 0.1) is 11.9 Å². The maximum absolute atomic E-state index is 11.4. The number of hydrogen-bond donors (Lipinski definition) is 2. The largest absolute Gasteiger partial charge is 0.493 e. The second-order valence-electron chi connectivity index (χ2n) is 5.43. The van der Waals surface area contributed by atoms with E-state index in [2.05, 4.69) is 10.3 Å². The molecular weight excluding hydrogens is 302 g/mol. The SMILES string of the molecule is C/N=C1\SC2CCOc3ccc(NC(C)=O)cc3C2(O)N1C. The number of fused-ring (bicyclic) bond motifs is 3. The van der Waals surface area contributed by atoms with Gasteiger partial charge in [0.15, 0.2) is 10.9 Å². The molecular formula is C15H19N3O3S. The van der Waals surface area contributed by atoms with Crippen molar-refractivity contribution in [3.8, 4) is 5.75 Å². The highest BCUT2D eigenvalue weighted by Crippen LogP contribution is 2.50. The number of carbonyl (C=O) groups is 1. The summed E-state index contributed by atoms with van der Waals surface area (Å²) in [5.74, 6) is 0.492. The fourth-order valence-electron chi connectivity index (χ4n) is 2.97. The van der Waals surface area contributed by atoms with Crippen molar-refractivity contribution in [2.45, 2.75) is 24.3 Å². The van der Waals surface area contributed by atoms with Gasteiger partial charge in [0, 0.05) is 32.3 Å². The molecule has 2 atom stereocenters. The number of amidine groups is 1. The number of hydrogen-bond acceptors (Lipinski definition) is 5. The highest BCUT2D eigenvalue weighted by molar-refractivity contribution is 8.14. The molecule has 2 aliphatic heterocycles. The average Bonchev–Trinajstić information content (AvgIpc) is 2.64. The van der Waals surface area contributed by atoms with Crippen LogP contribution in [0, 0.1) is 0 Å². The van der Waals surface area contributed by atoms with Crippen LogP contribution in [0.3, 0.4) is 0 Å². The Morgan fingerprint density at radius 1 is 1.59 bits per heavy atom. The first kappa shape index (κ1) is 15.2. The molecule has 3 rings (SSSR count). The van der Waals surface area contributed by atoms with E-state index in [9.17, 15) is 9.90 Å². The summed E-state index contributed by atoms with van der Waals surface area (Å²) < 4.78 is 5.77. The van der Waals surface area contributed by atoms with Crippen LogP contribution in [0.25, 0.3) is 0 Å². The van der Waals surface area contributed by atoms with Crippen LogP contribution in [0.4, 0.5) is 5.69 Å². The molecule has 2 heterocycles. The van der Waals surface area contributed by atoms with Crippen LogP contribution in [0.1, 0.15) is 18.9 Å². The monoisotopic (exact) mass is 321 g/mol. The minimum atomic E-state index is -1.19. The zero-order valence-corrected chi connectivity index (χ0v) is 13.6.